The smallest absolute Gasteiger partial charge is 0.257 e. The van der Waals surface area contributed by atoms with Crippen molar-refractivity contribution < 1.29 is 19.5 Å². The molecule has 2 N–H and O–H groups in total. The first-order valence-corrected chi connectivity index (χ1v) is 12.7. The molecule has 184 valence electrons. The van der Waals surface area contributed by atoms with Gasteiger partial charge in [0, 0.05) is 26.4 Å². The second-order valence-corrected chi connectivity index (χ2v) is 10.5. The van der Waals surface area contributed by atoms with Crippen LogP contribution in [0.2, 0.25) is 0 Å². The standard InChI is InChI=1S/C25H29N5O4S/c1-14-21(35-13-26-14)16-6-8-17(9-7-16)25(3)24(34)27-22(28-25)20-11-18(32)12-30(20)23(33)19-5-4-10-29(19)15(2)31/h6-9,13,18-20,32H,4-5,10-12H2,1-3H3,(H,27,28,34)/t18?,19-,20?,25?/m0/s1. The summed E-state index contributed by atoms with van der Waals surface area (Å²) in [6, 6.07) is 6.65. The first-order chi connectivity index (χ1) is 16.7. The Kier molecular flexibility index (Phi) is 5.96. The molecular weight excluding hydrogens is 466 g/mol. The summed E-state index contributed by atoms with van der Waals surface area (Å²) in [6.07, 6.45) is 0.936. The van der Waals surface area contributed by atoms with Crippen molar-refractivity contribution in [2.75, 3.05) is 13.1 Å². The number of hydrogen-bond acceptors (Lipinski definition) is 7. The number of amides is 3. The second-order valence-electron chi connectivity index (χ2n) is 9.63. The number of likely N-dealkylation sites (tertiary alicyclic amines) is 2. The predicted molar refractivity (Wildman–Crippen MR) is 132 cm³/mol. The van der Waals surface area contributed by atoms with Crippen molar-refractivity contribution >= 4 is 34.9 Å². The van der Waals surface area contributed by atoms with Crippen LogP contribution in [0.15, 0.2) is 34.8 Å². The largest absolute Gasteiger partial charge is 0.391 e. The topological polar surface area (TPSA) is 115 Å². The molecule has 2 aromatic rings. The summed E-state index contributed by atoms with van der Waals surface area (Å²) in [5, 5.41) is 13.3. The fourth-order valence-electron chi connectivity index (χ4n) is 5.34. The number of hydrogen-bond donors (Lipinski definition) is 2. The molecule has 0 radical (unpaired) electrons. The van der Waals surface area contributed by atoms with Crippen molar-refractivity contribution in [3.8, 4) is 10.4 Å². The number of carbonyl (C=O) groups excluding carboxylic acids is 3. The first-order valence-electron chi connectivity index (χ1n) is 11.9. The number of aryl methyl sites for hydroxylation is 1. The lowest BCUT2D eigenvalue weighted by Crippen LogP contribution is -2.52. The summed E-state index contributed by atoms with van der Waals surface area (Å²) >= 11 is 1.57. The number of nitrogens with zero attached hydrogens (tertiary/aromatic N) is 4. The third kappa shape index (κ3) is 4.04. The van der Waals surface area contributed by atoms with Crippen molar-refractivity contribution in [2.45, 2.75) is 63.8 Å². The third-order valence-electron chi connectivity index (χ3n) is 7.30. The van der Waals surface area contributed by atoms with Crippen LogP contribution in [0.3, 0.4) is 0 Å². The van der Waals surface area contributed by atoms with Crippen LogP contribution >= 0.6 is 11.3 Å². The Labute approximate surface area is 207 Å². The zero-order valence-electron chi connectivity index (χ0n) is 20.0. The molecule has 3 unspecified atom stereocenters. The summed E-state index contributed by atoms with van der Waals surface area (Å²) < 4.78 is 0. The molecule has 0 spiro atoms. The molecule has 4 heterocycles. The number of thiazole rings is 1. The van der Waals surface area contributed by atoms with Gasteiger partial charge < -0.3 is 20.2 Å². The summed E-state index contributed by atoms with van der Waals surface area (Å²) in [5.41, 5.74) is 3.40. The van der Waals surface area contributed by atoms with Crippen molar-refractivity contribution in [2.24, 2.45) is 4.99 Å². The van der Waals surface area contributed by atoms with E-state index in [0.29, 0.717) is 18.8 Å². The van der Waals surface area contributed by atoms with Crippen LogP contribution in [-0.2, 0) is 19.9 Å². The molecule has 0 bridgehead atoms. The lowest BCUT2D eigenvalue weighted by atomic mass is 9.91. The Bertz CT molecular complexity index is 1210. The number of β-amino-alcohol motifs (C(OH)–C–C–N with tert-alkyl or cyclic N) is 1. The van der Waals surface area contributed by atoms with Gasteiger partial charge in [0.2, 0.25) is 11.8 Å². The predicted octanol–water partition coefficient (Wildman–Crippen LogP) is 1.83. The van der Waals surface area contributed by atoms with E-state index in [0.717, 1.165) is 28.1 Å². The molecule has 4 atom stereocenters. The minimum Gasteiger partial charge on any atom is -0.391 e. The fourth-order valence-corrected chi connectivity index (χ4v) is 6.16. The van der Waals surface area contributed by atoms with Crippen molar-refractivity contribution in [1.82, 2.24) is 20.1 Å². The molecule has 3 amide bonds. The van der Waals surface area contributed by atoms with Gasteiger partial charge in [0.05, 0.1) is 28.2 Å². The maximum absolute atomic E-state index is 13.4. The summed E-state index contributed by atoms with van der Waals surface area (Å²) in [4.78, 5) is 51.9. The van der Waals surface area contributed by atoms with E-state index in [1.54, 1.807) is 28.1 Å². The normalized spacial score (nSPS) is 28.4. The van der Waals surface area contributed by atoms with Crippen LogP contribution in [0.4, 0.5) is 0 Å². The monoisotopic (exact) mass is 495 g/mol. The van der Waals surface area contributed by atoms with Gasteiger partial charge in [-0.25, -0.2) is 9.98 Å². The van der Waals surface area contributed by atoms with Crippen LogP contribution in [-0.4, -0.2) is 74.7 Å². The minimum absolute atomic E-state index is 0.131. The molecule has 3 aliphatic heterocycles. The number of benzene rings is 1. The average Bonchev–Trinajstić information content (AvgIpc) is 3.61. The number of rotatable bonds is 4. The van der Waals surface area contributed by atoms with Gasteiger partial charge in [0.25, 0.3) is 5.91 Å². The van der Waals surface area contributed by atoms with Gasteiger partial charge >= 0.3 is 0 Å². The Hall–Kier alpha value is -3.11. The summed E-state index contributed by atoms with van der Waals surface area (Å²) in [5.74, 6) is -0.214. The SMILES string of the molecule is CC(=O)N1CCC[C@H]1C(=O)N1CC(O)CC1C1=NC(C)(c2ccc(-c3scnc3C)cc2)C(=O)N1. The number of carbonyl (C=O) groups is 3. The van der Waals surface area contributed by atoms with E-state index < -0.39 is 23.7 Å². The van der Waals surface area contributed by atoms with Crippen molar-refractivity contribution in [1.29, 1.82) is 0 Å². The van der Waals surface area contributed by atoms with Gasteiger partial charge in [-0.1, -0.05) is 24.3 Å². The number of aliphatic hydroxyl groups is 1. The van der Waals surface area contributed by atoms with Crippen LogP contribution in [0.1, 0.15) is 44.4 Å². The number of amidine groups is 1. The number of aliphatic hydroxyl groups excluding tert-OH is 1. The highest BCUT2D eigenvalue weighted by Gasteiger charge is 2.48. The maximum atomic E-state index is 13.4. The van der Waals surface area contributed by atoms with E-state index in [1.165, 1.54) is 6.92 Å². The fraction of sp³-hybridized carbons (Fsp3) is 0.480. The summed E-state index contributed by atoms with van der Waals surface area (Å²) in [6.45, 7) is 5.90. The molecule has 2 fully saturated rings. The quantitative estimate of drug-likeness (QED) is 0.672. The minimum atomic E-state index is -1.14. The Balaban J connectivity index is 1.41. The van der Waals surface area contributed by atoms with E-state index in [1.807, 2.05) is 36.7 Å². The van der Waals surface area contributed by atoms with E-state index in [2.05, 4.69) is 10.3 Å². The van der Waals surface area contributed by atoms with E-state index >= 15 is 0 Å². The van der Waals surface area contributed by atoms with Gasteiger partial charge in [0.15, 0.2) is 5.54 Å². The van der Waals surface area contributed by atoms with Crippen molar-refractivity contribution in [3.05, 3.63) is 41.0 Å². The summed E-state index contributed by atoms with van der Waals surface area (Å²) in [7, 11) is 0. The highest BCUT2D eigenvalue weighted by atomic mass is 32.1. The van der Waals surface area contributed by atoms with E-state index in [9.17, 15) is 19.5 Å². The highest BCUT2D eigenvalue weighted by molar-refractivity contribution is 7.13. The Morgan fingerprint density at radius 2 is 1.97 bits per heavy atom. The lowest BCUT2D eigenvalue weighted by molar-refractivity contribution is -0.142. The average molecular weight is 496 g/mol. The molecule has 5 rings (SSSR count). The van der Waals surface area contributed by atoms with Gasteiger partial charge in [-0.15, -0.1) is 11.3 Å². The van der Waals surface area contributed by atoms with Crippen LogP contribution in [0.25, 0.3) is 10.4 Å². The van der Waals surface area contributed by atoms with Gasteiger partial charge in [-0.2, -0.15) is 0 Å². The zero-order chi connectivity index (χ0) is 24.9. The molecule has 9 nitrogen and oxygen atoms in total. The molecule has 2 saturated heterocycles. The van der Waals surface area contributed by atoms with Crippen molar-refractivity contribution in [3.63, 3.8) is 0 Å². The molecule has 10 heteroatoms. The molecule has 35 heavy (non-hydrogen) atoms. The lowest BCUT2D eigenvalue weighted by Gasteiger charge is -2.30. The number of nitrogens with one attached hydrogen (secondary N) is 1. The second kappa shape index (κ2) is 8.83. The van der Waals surface area contributed by atoms with Crippen LogP contribution < -0.4 is 5.32 Å². The van der Waals surface area contributed by atoms with Gasteiger partial charge in [-0.3, -0.25) is 14.4 Å². The molecular formula is C25H29N5O4S. The number of aromatic nitrogens is 1. The molecule has 0 saturated carbocycles. The third-order valence-corrected chi connectivity index (χ3v) is 8.28. The molecule has 1 aromatic carbocycles. The van der Waals surface area contributed by atoms with E-state index in [4.69, 9.17) is 4.99 Å². The van der Waals surface area contributed by atoms with E-state index in [-0.39, 0.29) is 30.7 Å². The Morgan fingerprint density at radius 3 is 2.63 bits per heavy atom. The van der Waals surface area contributed by atoms with Gasteiger partial charge in [-0.05, 0) is 37.8 Å². The highest BCUT2D eigenvalue weighted by Crippen LogP contribution is 2.35. The van der Waals surface area contributed by atoms with Gasteiger partial charge in [0.1, 0.15) is 11.9 Å². The Morgan fingerprint density at radius 1 is 1.23 bits per heavy atom. The van der Waals surface area contributed by atoms with Crippen LogP contribution in [0, 0.1) is 6.92 Å². The first kappa shape index (κ1) is 23.6. The molecule has 0 aliphatic carbocycles. The molecule has 1 aromatic heterocycles. The molecule has 3 aliphatic rings. The van der Waals surface area contributed by atoms with Crippen LogP contribution in [0.5, 0.6) is 0 Å². The zero-order valence-corrected chi connectivity index (χ0v) is 20.8. The number of aliphatic imine (C=N–C) groups is 1. The maximum Gasteiger partial charge on any atom is 0.257 e.